The summed E-state index contributed by atoms with van der Waals surface area (Å²) in [5.74, 6) is 3.11. The minimum atomic E-state index is 0.0406. The number of allylic oxidation sites excluding steroid dienone is 8. The van der Waals surface area contributed by atoms with E-state index >= 15 is 4.79 Å². The maximum absolute atomic E-state index is 16.5. The zero-order valence-electron chi connectivity index (χ0n) is 40.3. The fourth-order valence-corrected chi connectivity index (χ4v) is 12.3. The summed E-state index contributed by atoms with van der Waals surface area (Å²) in [5.41, 5.74) is 35.5. The van der Waals surface area contributed by atoms with Gasteiger partial charge in [-0.25, -0.2) is 4.79 Å². The molecule has 0 fully saturated rings. The van der Waals surface area contributed by atoms with Gasteiger partial charge < -0.3 is 0 Å². The minimum Gasteiger partial charge on any atom is -0.263 e. The predicted octanol–water partition coefficient (Wildman–Crippen LogP) is -23.9. The van der Waals surface area contributed by atoms with Crippen LogP contribution in [0.5, 0.6) is 0 Å². The molecule has 2 amide bonds. The molecule has 8 rings (SSSR count). The molecule has 4 aliphatic rings. The molecule has 0 N–H and O–H groups in total. The number of anilines is 4. The van der Waals surface area contributed by atoms with E-state index in [1.54, 1.807) is 0 Å². The normalized spacial score (nSPS) is 16.3. The van der Waals surface area contributed by atoms with E-state index < -0.39 is 0 Å². The first-order valence-electron chi connectivity index (χ1n) is 22.2. The van der Waals surface area contributed by atoms with Gasteiger partial charge in [0.2, 0.25) is 13.4 Å². The summed E-state index contributed by atoms with van der Waals surface area (Å²) >= 11 is 0. The van der Waals surface area contributed by atoms with Crippen molar-refractivity contribution < 1.29 is 4.79 Å². The lowest BCUT2D eigenvalue weighted by molar-refractivity contribution is 0.255. The third-order valence-electron chi connectivity index (χ3n) is 17.4. The second kappa shape index (κ2) is 14.5. The predicted molar refractivity (Wildman–Crippen MR) is 329 cm³/mol. The molecule has 0 unspecified atom stereocenters. The van der Waals surface area contributed by atoms with Crippen molar-refractivity contribution in [2.45, 2.75) is 12.1 Å². The fraction of sp³-hybridized carbons (Fsp3) is 0.0571. The minimum absolute atomic E-state index is 0.0406. The third kappa shape index (κ3) is 5.33. The first kappa shape index (κ1) is 43.0. The van der Waals surface area contributed by atoms with Gasteiger partial charge in [-0.15, -0.1) is 50.2 Å². The van der Waals surface area contributed by atoms with Crippen LogP contribution in [0, 0.1) is 12.3 Å². The van der Waals surface area contributed by atoms with E-state index in [0.29, 0.717) is 0 Å². The Morgan fingerprint density at radius 3 is 1.38 bits per heavy atom. The molecule has 0 atom stereocenters. The molecule has 266 valence electrons. The van der Waals surface area contributed by atoms with Gasteiger partial charge in [0.25, 0.3) is 0 Å². The number of hydrogen-bond donors (Lipinski definition) is 0. The van der Waals surface area contributed by atoms with Crippen LogP contribution in [0.15, 0.2) is 43.8 Å². The molecule has 0 bridgehead atoms. The maximum Gasteiger partial charge on any atom is 0.338 e. The Morgan fingerprint density at radius 1 is 0.500 bits per heavy atom. The average molecular weight is 747 g/mol. The van der Waals surface area contributed by atoms with Gasteiger partial charge in [-0.2, -0.15) is 0 Å². The molecule has 0 saturated heterocycles. The first-order chi connectivity index (χ1) is 28.1. The van der Waals surface area contributed by atoms with Crippen LogP contribution in [0.2, 0.25) is 12.1 Å². The van der Waals surface area contributed by atoms with Crippen molar-refractivity contribution in [3.05, 3.63) is 43.8 Å². The van der Waals surface area contributed by atoms with Crippen LogP contribution in [0.3, 0.4) is 0 Å². The summed E-state index contributed by atoms with van der Waals surface area (Å²) in [7, 11) is 45.7. The topological polar surface area (TPSA) is 23.6 Å². The highest BCUT2D eigenvalue weighted by molar-refractivity contribution is 7.00. The molecule has 4 aromatic carbocycles. The molecule has 1 aliphatic carbocycles. The number of hydrogen-bond acceptors (Lipinski definition) is 1. The maximum atomic E-state index is 16.5. The van der Waals surface area contributed by atoms with Gasteiger partial charge in [-0.05, 0) is 16.7 Å². The van der Waals surface area contributed by atoms with Crippen molar-refractivity contribution in [3.8, 4) is 12.3 Å². The average Bonchev–Trinajstić information content (AvgIpc) is 3.41. The lowest BCUT2D eigenvalue weighted by atomic mass is 9.25. The zero-order chi connectivity index (χ0) is 44.2. The number of rotatable bonds is 4. The van der Waals surface area contributed by atoms with E-state index in [1.165, 1.54) is 136 Å². The molecule has 0 aromatic heterocycles. The zero-order valence-corrected chi connectivity index (χ0v) is 40.3. The Balaban J connectivity index is 1.63. The second-order valence-electron chi connectivity index (χ2n) is 19.4. The summed E-state index contributed by atoms with van der Waals surface area (Å²) in [6.45, 7) is 0.118. The van der Waals surface area contributed by atoms with Gasteiger partial charge in [0.05, 0.1) is 11.4 Å². The summed E-state index contributed by atoms with van der Waals surface area (Å²) in [6, 6.07) is 0.0406. The lowest BCUT2D eigenvalue weighted by Gasteiger charge is -2.51. The molecule has 60 heavy (non-hydrogen) atoms. The van der Waals surface area contributed by atoms with Crippen LogP contribution in [0.1, 0.15) is 0 Å². The summed E-state index contributed by atoms with van der Waals surface area (Å²) < 4.78 is 0. The van der Waals surface area contributed by atoms with Gasteiger partial charge >= 0.3 is 6.03 Å². The Kier molecular flexibility index (Phi) is 10.4. The highest BCUT2D eigenvalue weighted by Gasteiger charge is 2.52. The Hall–Kier alpha value is -3.64. The largest absolute Gasteiger partial charge is 0.338 e. The first-order valence-corrected chi connectivity index (χ1v) is 22.2. The van der Waals surface area contributed by atoms with Gasteiger partial charge in [-0.3, -0.25) is 9.80 Å². The van der Waals surface area contributed by atoms with Gasteiger partial charge in [-0.1, -0.05) is 94.2 Å². The van der Waals surface area contributed by atoms with Crippen molar-refractivity contribution in [2.24, 2.45) is 0 Å². The van der Waals surface area contributed by atoms with Crippen LogP contribution in [0.25, 0.3) is 10.8 Å². The van der Waals surface area contributed by atoms with Crippen molar-refractivity contribution >= 4 is 297 Å². The van der Waals surface area contributed by atoms with Crippen molar-refractivity contribution in [1.29, 1.82) is 0 Å². The number of nitrogens with zero attached hydrogens (tertiary/aromatic N) is 2. The highest BCUT2D eigenvalue weighted by atomic mass is 16.2. The smallest absolute Gasteiger partial charge is 0.263 e. The second-order valence-corrected chi connectivity index (χ2v) is 19.4. The van der Waals surface area contributed by atoms with Gasteiger partial charge in [0.15, 0.2) is 0 Å². The van der Waals surface area contributed by atoms with Crippen molar-refractivity contribution in [3.63, 3.8) is 0 Å². The number of fused-ring (bicyclic) bond motifs is 4. The molecule has 0 spiro atoms. The molecule has 0 radical (unpaired) electrons. The molecule has 3 nitrogen and oxygen atoms in total. The number of amides is 2. The molecule has 3 aliphatic heterocycles. The SMILES string of the molecule is BC1=C(B)C(B2c3c(B)c(B)c(B)c(B)c3N3C(=O)N4c5c(B)c(B)c(B)c(B)c5B(C/C(B)=C(B)\C(B)=C(\B)C#C)c5c(B)c(B)c6c(B)c(B)c2c3c6c54)C(B)=C1B. The van der Waals surface area contributed by atoms with Crippen molar-refractivity contribution in [2.75, 3.05) is 9.80 Å². The Morgan fingerprint density at radius 2 is 0.883 bits per heavy atom. The number of urea groups is 1. The number of carbonyl (C=O) groups excluding carboxylic acids is 1. The molecular formula is C35H44B22N2O. The summed E-state index contributed by atoms with van der Waals surface area (Å²) in [6.07, 6.45) is 6.79. The van der Waals surface area contributed by atoms with Crippen LogP contribution < -0.4 is 97.2 Å². The van der Waals surface area contributed by atoms with E-state index in [9.17, 15) is 0 Å². The Labute approximate surface area is 378 Å². The summed E-state index contributed by atoms with van der Waals surface area (Å²) in [5, 5.41) is 2.55. The summed E-state index contributed by atoms with van der Waals surface area (Å²) in [4.78, 5) is 20.9. The van der Waals surface area contributed by atoms with Crippen molar-refractivity contribution in [1.82, 2.24) is 0 Å². The number of carbonyl (C=O) groups is 1. The van der Waals surface area contributed by atoms with E-state index in [1.807, 2.05) is 7.85 Å². The quantitative estimate of drug-likeness (QED) is 0.116. The van der Waals surface area contributed by atoms with Crippen LogP contribution >= 0.6 is 0 Å². The number of benzene rings is 4. The molecular weight excluding hydrogens is 702 g/mol. The lowest BCUT2D eigenvalue weighted by Crippen LogP contribution is -2.74. The highest BCUT2D eigenvalue weighted by Crippen LogP contribution is 2.48. The molecule has 3 heterocycles. The third-order valence-corrected chi connectivity index (χ3v) is 17.4. The van der Waals surface area contributed by atoms with Crippen LogP contribution in [0.4, 0.5) is 27.5 Å². The van der Waals surface area contributed by atoms with E-state index in [0.717, 1.165) is 34.5 Å². The molecule has 4 aromatic rings. The Bertz CT molecular complexity index is 2960. The van der Waals surface area contributed by atoms with Crippen LogP contribution in [-0.2, 0) is 0 Å². The van der Waals surface area contributed by atoms with E-state index in [2.05, 4.69) is 165 Å². The number of terminal acetylenes is 1. The van der Waals surface area contributed by atoms with Gasteiger partial charge in [0.1, 0.15) is 157 Å². The molecule has 25 heteroatoms. The van der Waals surface area contributed by atoms with E-state index in [4.69, 9.17) is 6.42 Å². The van der Waals surface area contributed by atoms with Crippen LogP contribution in [-0.4, -0.2) is 176 Å². The van der Waals surface area contributed by atoms with E-state index in [-0.39, 0.29) is 25.3 Å². The molecule has 0 saturated carbocycles. The standard InChI is InChI=1S/C35H44B22N2O/c1-2-4(36)8(38)9(39)5(37)3-56-27-18(48)10(40)6-7-31(27)58(33-24(54)16(46)14(44)22(52)28(33)56)35(60)59-32(7)29(19(49)11(6)41)57(26-20(50)12(42)13(43)21(26)51)30-23(53)15(45)17(47)25(55)34(30)59/h1,26H,3,36-55H2/b8-4-,9-5-. The fourth-order valence-electron chi connectivity index (χ4n) is 12.3. The van der Waals surface area contributed by atoms with Gasteiger partial charge in [0, 0.05) is 16.8 Å². The monoisotopic (exact) mass is 751 g/mol.